The van der Waals surface area contributed by atoms with Crippen molar-refractivity contribution in [3.05, 3.63) is 33.8 Å². The van der Waals surface area contributed by atoms with Crippen LogP contribution in [0, 0.1) is 6.92 Å². The molecule has 7 nitrogen and oxygen atoms in total. The number of amides is 1. The number of likely N-dealkylation sites (N-methyl/N-ethyl adjacent to an activating group) is 1. The number of anilines is 1. The average Bonchev–Trinajstić information content (AvgIpc) is 3.01. The summed E-state index contributed by atoms with van der Waals surface area (Å²) in [6.07, 6.45) is 0.227. The monoisotopic (exact) mass is 338 g/mol. The van der Waals surface area contributed by atoms with Gasteiger partial charge in [-0.3, -0.25) is 4.79 Å². The lowest BCUT2D eigenvalue weighted by Gasteiger charge is -2.11. The fourth-order valence-corrected chi connectivity index (χ4v) is 4.04. The predicted molar refractivity (Wildman–Crippen MR) is 82.2 cm³/mol. The van der Waals surface area contributed by atoms with E-state index in [9.17, 15) is 13.2 Å². The maximum atomic E-state index is 12.3. The SMILES string of the molecule is Cc1nnc(CNS(=O)(=O)c2ccc3c(c2)CC(=O)N3C)s1. The highest BCUT2D eigenvalue weighted by Gasteiger charge is 2.26. The Kier molecular flexibility index (Phi) is 3.71. The summed E-state index contributed by atoms with van der Waals surface area (Å²) >= 11 is 1.34. The summed E-state index contributed by atoms with van der Waals surface area (Å²) in [7, 11) is -1.97. The van der Waals surface area contributed by atoms with E-state index in [1.54, 1.807) is 19.2 Å². The number of carbonyl (C=O) groups excluding carboxylic acids is 1. The molecule has 0 aliphatic carbocycles. The number of nitrogens with zero attached hydrogens (tertiary/aromatic N) is 3. The Morgan fingerprint density at radius 2 is 2.14 bits per heavy atom. The van der Waals surface area contributed by atoms with Gasteiger partial charge in [-0.1, -0.05) is 0 Å². The van der Waals surface area contributed by atoms with Crippen molar-refractivity contribution in [2.45, 2.75) is 24.8 Å². The van der Waals surface area contributed by atoms with Crippen LogP contribution in [0.3, 0.4) is 0 Å². The van der Waals surface area contributed by atoms with Crippen molar-refractivity contribution in [1.82, 2.24) is 14.9 Å². The van der Waals surface area contributed by atoms with Crippen LogP contribution in [-0.2, 0) is 27.8 Å². The summed E-state index contributed by atoms with van der Waals surface area (Å²) < 4.78 is 27.1. The Hall–Kier alpha value is -1.84. The normalized spacial score (nSPS) is 14.5. The summed E-state index contributed by atoms with van der Waals surface area (Å²) in [5, 5.41) is 9.12. The Bertz CT molecular complexity index is 845. The van der Waals surface area contributed by atoms with Gasteiger partial charge in [0.2, 0.25) is 15.9 Å². The van der Waals surface area contributed by atoms with Crippen LogP contribution in [0.1, 0.15) is 15.6 Å². The van der Waals surface area contributed by atoms with E-state index in [0.717, 1.165) is 16.3 Å². The van der Waals surface area contributed by atoms with Crippen LogP contribution in [0.4, 0.5) is 5.69 Å². The first-order valence-corrected chi connectivity index (χ1v) is 8.85. The Morgan fingerprint density at radius 1 is 1.36 bits per heavy atom. The highest BCUT2D eigenvalue weighted by molar-refractivity contribution is 7.89. The van der Waals surface area contributed by atoms with E-state index in [4.69, 9.17) is 0 Å². The molecule has 1 aliphatic rings. The summed E-state index contributed by atoms with van der Waals surface area (Å²) in [4.78, 5) is 13.3. The zero-order valence-electron chi connectivity index (χ0n) is 12.0. The van der Waals surface area contributed by atoms with Crippen LogP contribution in [0.25, 0.3) is 0 Å². The quantitative estimate of drug-likeness (QED) is 0.892. The number of nitrogens with one attached hydrogen (secondary N) is 1. The van der Waals surface area contributed by atoms with Gasteiger partial charge >= 0.3 is 0 Å². The number of sulfonamides is 1. The molecule has 116 valence electrons. The molecule has 0 atom stereocenters. The number of rotatable bonds is 4. The molecule has 3 rings (SSSR count). The van der Waals surface area contributed by atoms with Gasteiger partial charge in [0.15, 0.2) is 0 Å². The molecular weight excluding hydrogens is 324 g/mol. The number of carbonyl (C=O) groups is 1. The molecule has 0 spiro atoms. The van der Waals surface area contributed by atoms with E-state index in [2.05, 4.69) is 14.9 Å². The van der Waals surface area contributed by atoms with Crippen molar-refractivity contribution in [2.75, 3.05) is 11.9 Å². The molecule has 2 aromatic rings. The third kappa shape index (κ3) is 2.74. The summed E-state index contributed by atoms with van der Waals surface area (Å²) in [5.41, 5.74) is 1.48. The van der Waals surface area contributed by atoms with E-state index in [1.807, 2.05) is 6.92 Å². The number of benzene rings is 1. The number of hydrogen-bond acceptors (Lipinski definition) is 6. The second kappa shape index (κ2) is 5.41. The molecule has 1 aromatic carbocycles. The minimum Gasteiger partial charge on any atom is -0.315 e. The highest BCUT2D eigenvalue weighted by Crippen LogP contribution is 2.29. The van der Waals surface area contributed by atoms with Crippen LogP contribution in [0.5, 0.6) is 0 Å². The topological polar surface area (TPSA) is 92.3 Å². The van der Waals surface area contributed by atoms with Gasteiger partial charge in [-0.25, -0.2) is 13.1 Å². The summed E-state index contributed by atoms with van der Waals surface area (Å²) in [6, 6.07) is 4.70. The molecule has 1 N–H and O–H groups in total. The van der Waals surface area contributed by atoms with E-state index in [-0.39, 0.29) is 23.8 Å². The molecule has 0 unspecified atom stereocenters. The van der Waals surface area contributed by atoms with Gasteiger partial charge < -0.3 is 4.90 Å². The van der Waals surface area contributed by atoms with Gasteiger partial charge in [-0.2, -0.15) is 0 Å². The number of aromatic nitrogens is 2. The molecule has 1 aliphatic heterocycles. The van der Waals surface area contributed by atoms with E-state index < -0.39 is 10.0 Å². The predicted octanol–water partition coefficient (Wildman–Crippen LogP) is 0.844. The molecule has 0 saturated heterocycles. The first-order chi connectivity index (χ1) is 10.4. The molecule has 2 heterocycles. The van der Waals surface area contributed by atoms with Crippen molar-refractivity contribution in [3.63, 3.8) is 0 Å². The van der Waals surface area contributed by atoms with Gasteiger partial charge in [0.05, 0.1) is 17.9 Å². The molecule has 0 saturated carbocycles. The molecule has 0 fully saturated rings. The zero-order chi connectivity index (χ0) is 15.9. The lowest BCUT2D eigenvalue weighted by molar-refractivity contribution is -0.117. The minimum absolute atomic E-state index is 0.0400. The first kappa shape index (κ1) is 15.1. The van der Waals surface area contributed by atoms with Crippen molar-refractivity contribution in [1.29, 1.82) is 0 Å². The van der Waals surface area contributed by atoms with Gasteiger partial charge in [0.25, 0.3) is 0 Å². The fourth-order valence-electron chi connectivity index (χ4n) is 2.26. The van der Waals surface area contributed by atoms with Crippen molar-refractivity contribution in [3.8, 4) is 0 Å². The van der Waals surface area contributed by atoms with Crippen molar-refractivity contribution in [2.24, 2.45) is 0 Å². The molecule has 9 heteroatoms. The number of aryl methyl sites for hydroxylation is 1. The molecule has 1 aromatic heterocycles. The molecular formula is C13H14N4O3S2. The van der Waals surface area contributed by atoms with Crippen LogP contribution in [0.15, 0.2) is 23.1 Å². The van der Waals surface area contributed by atoms with Gasteiger partial charge in [-0.05, 0) is 30.7 Å². The van der Waals surface area contributed by atoms with Crippen molar-refractivity contribution >= 4 is 33.0 Å². The van der Waals surface area contributed by atoms with Crippen LogP contribution >= 0.6 is 11.3 Å². The standard InChI is InChI=1S/C13H14N4O3S2/c1-8-15-16-12(21-8)7-14-22(19,20)10-3-4-11-9(5-10)6-13(18)17(11)2/h3-5,14H,6-7H2,1-2H3. The highest BCUT2D eigenvalue weighted by atomic mass is 32.2. The first-order valence-electron chi connectivity index (χ1n) is 6.55. The van der Waals surface area contributed by atoms with Crippen LogP contribution in [-0.4, -0.2) is 31.6 Å². The van der Waals surface area contributed by atoms with Gasteiger partial charge in [0.1, 0.15) is 10.0 Å². The Morgan fingerprint density at radius 3 is 2.82 bits per heavy atom. The van der Waals surface area contributed by atoms with Gasteiger partial charge in [-0.15, -0.1) is 21.5 Å². The van der Waals surface area contributed by atoms with Crippen LogP contribution in [0.2, 0.25) is 0 Å². The summed E-state index contributed by atoms with van der Waals surface area (Å²) in [6.45, 7) is 1.91. The molecule has 0 bridgehead atoms. The number of hydrogen-bond donors (Lipinski definition) is 1. The van der Waals surface area contributed by atoms with Gasteiger partial charge in [0, 0.05) is 12.7 Å². The second-order valence-electron chi connectivity index (χ2n) is 4.96. The molecule has 22 heavy (non-hydrogen) atoms. The van der Waals surface area contributed by atoms with E-state index in [1.165, 1.54) is 22.3 Å². The second-order valence-corrected chi connectivity index (χ2v) is 7.99. The Labute approximate surface area is 132 Å². The summed E-state index contributed by atoms with van der Waals surface area (Å²) in [5.74, 6) is -0.0400. The number of fused-ring (bicyclic) bond motifs is 1. The maximum Gasteiger partial charge on any atom is 0.240 e. The van der Waals surface area contributed by atoms with E-state index in [0.29, 0.717) is 5.01 Å². The molecule has 0 radical (unpaired) electrons. The average molecular weight is 338 g/mol. The lowest BCUT2D eigenvalue weighted by atomic mass is 10.2. The Balaban J connectivity index is 1.81. The largest absolute Gasteiger partial charge is 0.315 e. The lowest BCUT2D eigenvalue weighted by Crippen LogP contribution is -2.23. The van der Waals surface area contributed by atoms with Crippen molar-refractivity contribution < 1.29 is 13.2 Å². The maximum absolute atomic E-state index is 12.3. The third-order valence-corrected chi connectivity index (χ3v) is 5.66. The zero-order valence-corrected chi connectivity index (χ0v) is 13.7. The smallest absolute Gasteiger partial charge is 0.240 e. The third-order valence-electron chi connectivity index (χ3n) is 3.42. The van der Waals surface area contributed by atoms with Crippen LogP contribution < -0.4 is 9.62 Å². The fraction of sp³-hybridized carbons (Fsp3) is 0.308. The van der Waals surface area contributed by atoms with E-state index >= 15 is 0 Å². The minimum atomic E-state index is -3.65. The molecule has 1 amide bonds.